The minimum atomic E-state index is -0.576. The summed E-state index contributed by atoms with van der Waals surface area (Å²) in [4.78, 5) is 22.2. The summed E-state index contributed by atoms with van der Waals surface area (Å²) >= 11 is 0. The van der Waals surface area contributed by atoms with Crippen LogP contribution in [0.25, 0.3) is 0 Å². The molecule has 80 valence electrons. The minimum absolute atomic E-state index is 0.0296. The molecule has 1 unspecified atom stereocenters. The maximum Gasteiger partial charge on any atom is 0.246 e. The quantitative estimate of drug-likeness (QED) is 0.531. The van der Waals surface area contributed by atoms with Crippen molar-refractivity contribution in [1.29, 1.82) is 0 Å². The molecule has 1 aliphatic rings. The van der Waals surface area contributed by atoms with Gasteiger partial charge in [-0.3, -0.25) is 9.59 Å². The van der Waals surface area contributed by atoms with Crippen LogP contribution in [0.4, 0.5) is 0 Å². The van der Waals surface area contributed by atoms with Crippen LogP contribution in [-0.4, -0.2) is 51.3 Å². The number of carbonyl (C=O) groups excluding carboxylic acids is 2. The highest BCUT2D eigenvalue weighted by molar-refractivity contribution is 5.88. The Labute approximate surface area is 81.9 Å². The molecule has 1 aliphatic heterocycles. The number of nitrogens with one attached hydrogen (secondary N) is 2. The average molecular weight is 202 g/mol. The number of amides is 2. The molecule has 0 bridgehead atoms. The Balaban J connectivity index is 2.25. The maximum atomic E-state index is 11.4. The molecule has 0 aromatic heterocycles. The molecule has 1 heterocycles. The van der Waals surface area contributed by atoms with Gasteiger partial charge in [-0.05, 0) is 0 Å². The molecule has 1 atom stereocenters. The number of rotatable bonds is 4. The largest absolute Gasteiger partial charge is 0.383 e. The molecule has 6 nitrogen and oxygen atoms in total. The molecule has 0 aromatic rings. The van der Waals surface area contributed by atoms with E-state index in [4.69, 9.17) is 9.47 Å². The van der Waals surface area contributed by atoms with Crippen molar-refractivity contribution in [3.05, 3.63) is 0 Å². The molecule has 6 heteroatoms. The van der Waals surface area contributed by atoms with Crippen LogP contribution in [0.3, 0.4) is 0 Å². The third-order valence-electron chi connectivity index (χ3n) is 1.77. The van der Waals surface area contributed by atoms with E-state index in [-0.39, 0.29) is 25.0 Å². The highest BCUT2D eigenvalue weighted by Gasteiger charge is 2.24. The number of hydrogen-bond acceptors (Lipinski definition) is 4. The van der Waals surface area contributed by atoms with Gasteiger partial charge in [0.2, 0.25) is 11.8 Å². The average Bonchev–Trinajstić information content (AvgIpc) is 2.18. The lowest BCUT2D eigenvalue weighted by molar-refractivity contribution is -0.138. The molecule has 2 amide bonds. The Bertz CT molecular complexity index is 219. The number of hydrogen-bond donors (Lipinski definition) is 2. The van der Waals surface area contributed by atoms with Crippen LogP contribution in [0, 0.1) is 0 Å². The first kappa shape index (κ1) is 10.9. The lowest BCUT2D eigenvalue weighted by Gasteiger charge is -2.22. The number of carbonyl (C=O) groups is 2. The van der Waals surface area contributed by atoms with Crippen molar-refractivity contribution in [1.82, 2.24) is 10.6 Å². The first-order chi connectivity index (χ1) is 6.74. The zero-order valence-electron chi connectivity index (χ0n) is 8.04. The summed E-state index contributed by atoms with van der Waals surface area (Å²) in [6.45, 7) is 1.14. The van der Waals surface area contributed by atoms with Crippen LogP contribution < -0.4 is 10.6 Å². The van der Waals surface area contributed by atoms with Crippen molar-refractivity contribution in [2.75, 3.05) is 33.5 Å². The zero-order valence-corrected chi connectivity index (χ0v) is 8.04. The zero-order chi connectivity index (χ0) is 10.4. The van der Waals surface area contributed by atoms with E-state index in [0.29, 0.717) is 13.2 Å². The fraction of sp³-hybridized carbons (Fsp3) is 0.750. The van der Waals surface area contributed by atoms with Crippen LogP contribution >= 0.6 is 0 Å². The van der Waals surface area contributed by atoms with Gasteiger partial charge in [-0.15, -0.1) is 0 Å². The second-order valence-corrected chi connectivity index (χ2v) is 2.92. The van der Waals surface area contributed by atoms with Gasteiger partial charge < -0.3 is 20.1 Å². The van der Waals surface area contributed by atoms with Crippen LogP contribution in [0.2, 0.25) is 0 Å². The maximum absolute atomic E-state index is 11.4. The minimum Gasteiger partial charge on any atom is -0.383 e. The molecule has 0 saturated carbocycles. The molecular formula is C8H14N2O4. The van der Waals surface area contributed by atoms with Crippen molar-refractivity contribution < 1.29 is 19.1 Å². The monoisotopic (exact) mass is 202 g/mol. The lowest BCUT2D eigenvalue weighted by atomic mass is 10.2. The Kier molecular flexibility index (Phi) is 4.34. The Morgan fingerprint density at radius 2 is 2.57 bits per heavy atom. The van der Waals surface area contributed by atoms with Crippen LogP contribution in [-0.2, 0) is 19.1 Å². The van der Waals surface area contributed by atoms with E-state index in [9.17, 15) is 9.59 Å². The molecule has 0 spiro atoms. The third-order valence-corrected chi connectivity index (χ3v) is 1.77. The fourth-order valence-corrected chi connectivity index (χ4v) is 1.09. The topological polar surface area (TPSA) is 76.7 Å². The molecule has 1 rings (SSSR count). The third kappa shape index (κ3) is 3.31. The van der Waals surface area contributed by atoms with Crippen LogP contribution in [0.5, 0.6) is 0 Å². The molecule has 0 aliphatic carbocycles. The van der Waals surface area contributed by atoms with Crippen LogP contribution in [0.15, 0.2) is 0 Å². The molecule has 1 saturated heterocycles. The van der Waals surface area contributed by atoms with Crippen molar-refractivity contribution in [2.45, 2.75) is 6.04 Å². The Morgan fingerprint density at radius 1 is 1.79 bits per heavy atom. The second kappa shape index (κ2) is 5.56. The summed E-state index contributed by atoms with van der Waals surface area (Å²) in [5.74, 6) is -0.502. The summed E-state index contributed by atoms with van der Waals surface area (Å²) in [7, 11) is 1.55. The van der Waals surface area contributed by atoms with E-state index in [1.54, 1.807) is 7.11 Å². The van der Waals surface area contributed by atoms with Gasteiger partial charge in [0.1, 0.15) is 12.6 Å². The van der Waals surface area contributed by atoms with E-state index in [1.165, 1.54) is 0 Å². The van der Waals surface area contributed by atoms with Crippen molar-refractivity contribution in [3.8, 4) is 0 Å². The van der Waals surface area contributed by atoms with Gasteiger partial charge in [-0.25, -0.2) is 0 Å². The van der Waals surface area contributed by atoms with Gasteiger partial charge in [0.15, 0.2) is 0 Å². The normalized spacial score (nSPS) is 21.5. The van der Waals surface area contributed by atoms with E-state index in [1.807, 2.05) is 0 Å². The van der Waals surface area contributed by atoms with E-state index < -0.39 is 6.04 Å². The van der Waals surface area contributed by atoms with Crippen molar-refractivity contribution >= 4 is 11.8 Å². The lowest BCUT2D eigenvalue weighted by Crippen LogP contribution is -2.54. The molecule has 0 aromatic carbocycles. The molecule has 1 fully saturated rings. The summed E-state index contributed by atoms with van der Waals surface area (Å²) < 4.78 is 9.69. The van der Waals surface area contributed by atoms with E-state index in [2.05, 4.69) is 10.6 Å². The smallest absolute Gasteiger partial charge is 0.246 e. The highest BCUT2D eigenvalue weighted by Crippen LogP contribution is 1.93. The first-order valence-corrected chi connectivity index (χ1v) is 4.38. The highest BCUT2D eigenvalue weighted by atomic mass is 16.5. The Morgan fingerprint density at radius 3 is 3.21 bits per heavy atom. The van der Waals surface area contributed by atoms with E-state index >= 15 is 0 Å². The van der Waals surface area contributed by atoms with Gasteiger partial charge in [0.05, 0.1) is 13.2 Å². The second-order valence-electron chi connectivity index (χ2n) is 2.92. The number of morpholine rings is 1. The summed E-state index contributed by atoms with van der Waals surface area (Å²) in [5, 5.41) is 5.14. The van der Waals surface area contributed by atoms with Crippen LogP contribution in [0.1, 0.15) is 0 Å². The standard InChI is InChI=1S/C8H14N2O4/c1-13-3-2-9-8(12)6-4-14-5-7(11)10-6/h6H,2-5H2,1H3,(H,9,12)(H,10,11). The van der Waals surface area contributed by atoms with Gasteiger partial charge >= 0.3 is 0 Å². The van der Waals surface area contributed by atoms with Crippen molar-refractivity contribution in [2.24, 2.45) is 0 Å². The molecular weight excluding hydrogens is 188 g/mol. The molecule has 14 heavy (non-hydrogen) atoms. The number of ether oxygens (including phenoxy) is 2. The summed E-state index contributed by atoms with van der Waals surface area (Å²) in [6, 6.07) is -0.576. The SMILES string of the molecule is COCCNC(=O)C1COCC(=O)N1. The van der Waals surface area contributed by atoms with E-state index in [0.717, 1.165) is 0 Å². The predicted molar refractivity (Wildman–Crippen MR) is 47.6 cm³/mol. The van der Waals surface area contributed by atoms with Gasteiger partial charge in [-0.1, -0.05) is 0 Å². The van der Waals surface area contributed by atoms with Crippen molar-refractivity contribution in [3.63, 3.8) is 0 Å². The summed E-state index contributed by atoms with van der Waals surface area (Å²) in [5.41, 5.74) is 0. The Hall–Kier alpha value is -1.14. The summed E-state index contributed by atoms with van der Waals surface area (Å²) in [6.07, 6.45) is 0. The van der Waals surface area contributed by atoms with Gasteiger partial charge in [0, 0.05) is 13.7 Å². The predicted octanol–water partition coefficient (Wildman–Crippen LogP) is -1.74. The number of methoxy groups -OCH3 is 1. The first-order valence-electron chi connectivity index (χ1n) is 4.38. The van der Waals surface area contributed by atoms with Gasteiger partial charge in [-0.2, -0.15) is 0 Å². The molecule has 2 N–H and O–H groups in total. The molecule has 0 radical (unpaired) electrons. The fourth-order valence-electron chi connectivity index (χ4n) is 1.09. The van der Waals surface area contributed by atoms with Gasteiger partial charge in [0.25, 0.3) is 0 Å².